The van der Waals surface area contributed by atoms with E-state index in [1.807, 2.05) is 0 Å². The van der Waals surface area contributed by atoms with Crippen LogP contribution in [0.5, 0.6) is 0 Å². The van der Waals surface area contributed by atoms with Crippen molar-refractivity contribution in [2.75, 3.05) is 18.4 Å². The van der Waals surface area contributed by atoms with Crippen LogP contribution in [0.25, 0.3) is 0 Å². The summed E-state index contributed by atoms with van der Waals surface area (Å²) >= 11 is 1.51. The number of carbonyl (C=O) groups is 1. The number of rotatable bonds is 6. The lowest BCUT2D eigenvalue weighted by Gasteiger charge is -2.20. The van der Waals surface area contributed by atoms with Crippen LogP contribution in [0.3, 0.4) is 0 Å². The maximum absolute atomic E-state index is 12.9. The van der Waals surface area contributed by atoms with Crippen molar-refractivity contribution in [3.05, 3.63) is 39.9 Å². The number of hydrogen-bond donors (Lipinski definition) is 1. The Morgan fingerprint density at radius 1 is 1.22 bits per heavy atom. The third-order valence-electron chi connectivity index (χ3n) is 4.84. The molecule has 146 valence electrons. The number of benzene rings is 1. The van der Waals surface area contributed by atoms with Gasteiger partial charge < -0.3 is 0 Å². The summed E-state index contributed by atoms with van der Waals surface area (Å²) in [6.45, 7) is 6.13. The predicted molar refractivity (Wildman–Crippen MR) is 108 cm³/mol. The summed E-state index contributed by atoms with van der Waals surface area (Å²) in [5.74, 6) is -0.336. The second kappa shape index (κ2) is 8.08. The quantitative estimate of drug-likeness (QED) is 0.793. The van der Waals surface area contributed by atoms with Crippen molar-refractivity contribution in [3.8, 4) is 0 Å². The SMILES string of the molecule is CCN(CC)S(=O)(=O)c1cc(C(=O)Nc2nc3c(s2)CCCC3)ccc1C. The molecular weight excluding hydrogens is 382 g/mol. The Bertz CT molecular complexity index is 924. The molecule has 1 aromatic carbocycles. The Kier molecular flexibility index (Phi) is 5.98. The van der Waals surface area contributed by atoms with Gasteiger partial charge in [0.25, 0.3) is 5.91 Å². The zero-order valence-corrected chi connectivity index (χ0v) is 17.5. The summed E-state index contributed by atoms with van der Waals surface area (Å²) in [5.41, 5.74) is 2.03. The molecule has 0 saturated carbocycles. The molecule has 6 nitrogen and oxygen atoms in total. The number of nitrogens with zero attached hydrogens (tertiary/aromatic N) is 2. The molecule has 0 unspecified atom stereocenters. The lowest BCUT2D eigenvalue weighted by atomic mass is 10.0. The molecule has 0 saturated heterocycles. The Morgan fingerprint density at radius 2 is 1.93 bits per heavy atom. The van der Waals surface area contributed by atoms with Crippen LogP contribution in [0.15, 0.2) is 23.1 Å². The molecule has 0 bridgehead atoms. The normalized spacial score (nSPS) is 14.2. The minimum atomic E-state index is -3.62. The monoisotopic (exact) mass is 407 g/mol. The number of aromatic nitrogens is 1. The largest absolute Gasteiger partial charge is 0.298 e. The molecule has 1 aliphatic rings. The van der Waals surface area contributed by atoms with E-state index in [4.69, 9.17) is 0 Å². The first-order valence-corrected chi connectivity index (χ1v) is 11.5. The smallest absolute Gasteiger partial charge is 0.257 e. The maximum Gasteiger partial charge on any atom is 0.257 e. The minimum Gasteiger partial charge on any atom is -0.298 e. The van der Waals surface area contributed by atoms with Crippen LogP contribution in [0.1, 0.15) is 53.2 Å². The summed E-state index contributed by atoms with van der Waals surface area (Å²) in [7, 11) is -3.62. The summed E-state index contributed by atoms with van der Waals surface area (Å²) in [6.07, 6.45) is 4.26. The van der Waals surface area contributed by atoms with Crippen molar-refractivity contribution in [1.29, 1.82) is 0 Å². The van der Waals surface area contributed by atoms with E-state index in [1.165, 1.54) is 26.6 Å². The van der Waals surface area contributed by atoms with Crippen LogP contribution < -0.4 is 5.32 Å². The molecule has 1 amide bonds. The van der Waals surface area contributed by atoms with E-state index in [0.29, 0.717) is 29.3 Å². The van der Waals surface area contributed by atoms with Crippen molar-refractivity contribution in [3.63, 3.8) is 0 Å². The van der Waals surface area contributed by atoms with Crippen molar-refractivity contribution >= 4 is 32.4 Å². The Labute approximate surface area is 164 Å². The van der Waals surface area contributed by atoms with Gasteiger partial charge in [-0.05, 0) is 50.3 Å². The molecule has 8 heteroatoms. The third kappa shape index (κ3) is 4.07. The number of amides is 1. The predicted octanol–water partition coefficient (Wildman–Crippen LogP) is 3.61. The number of anilines is 1. The summed E-state index contributed by atoms with van der Waals surface area (Å²) in [6, 6.07) is 4.80. The second-order valence-corrected chi connectivity index (χ2v) is 9.61. The van der Waals surface area contributed by atoms with Gasteiger partial charge in [0.2, 0.25) is 10.0 Å². The molecule has 0 radical (unpaired) electrons. The molecule has 0 aliphatic heterocycles. The zero-order valence-electron chi connectivity index (χ0n) is 15.9. The topological polar surface area (TPSA) is 79.4 Å². The van der Waals surface area contributed by atoms with Crippen molar-refractivity contribution < 1.29 is 13.2 Å². The van der Waals surface area contributed by atoms with E-state index in [9.17, 15) is 13.2 Å². The van der Waals surface area contributed by atoms with E-state index in [1.54, 1.807) is 32.9 Å². The van der Waals surface area contributed by atoms with E-state index in [2.05, 4.69) is 10.3 Å². The minimum absolute atomic E-state index is 0.178. The third-order valence-corrected chi connectivity index (χ3v) is 8.10. The number of fused-ring (bicyclic) bond motifs is 1. The van der Waals surface area contributed by atoms with Crippen LogP contribution in [-0.2, 0) is 22.9 Å². The van der Waals surface area contributed by atoms with Gasteiger partial charge in [0, 0.05) is 23.5 Å². The number of hydrogen-bond acceptors (Lipinski definition) is 5. The van der Waals surface area contributed by atoms with Gasteiger partial charge in [-0.3, -0.25) is 10.1 Å². The summed E-state index contributed by atoms with van der Waals surface area (Å²) in [4.78, 5) is 18.6. The Morgan fingerprint density at radius 3 is 2.59 bits per heavy atom. The number of thiazole rings is 1. The lowest BCUT2D eigenvalue weighted by molar-refractivity contribution is 0.102. The van der Waals surface area contributed by atoms with Gasteiger partial charge in [-0.25, -0.2) is 13.4 Å². The van der Waals surface area contributed by atoms with Gasteiger partial charge in [-0.15, -0.1) is 11.3 Å². The van der Waals surface area contributed by atoms with Gasteiger partial charge in [-0.1, -0.05) is 19.9 Å². The molecule has 0 atom stereocenters. The average Bonchev–Trinajstić information content (AvgIpc) is 3.04. The standard InChI is InChI=1S/C19H25N3O3S2/c1-4-22(5-2)27(24,25)17-12-14(11-10-13(17)3)18(23)21-19-20-15-8-6-7-9-16(15)26-19/h10-12H,4-9H2,1-3H3,(H,20,21,23). The number of nitrogens with one attached hydrogen (secondary N) is 1. The molecule has 27 heavy (non-hydrogen) atoms. The van der Waals surface area contributed by atoms with E-state index in [-0.39, 0.29) is 10.8 Å². The highest BCUT2D eigenvalue weighted by atomic mass is 32.2. The summed E-state index contributed by atoms with van der Waals surface area (Å²) in [5, 5.41) is 3.41. The van der Waals surface area contributed by atoms with Crippen LogP contribution in [0.2, 0.25) is 0 Å². The summed E-state index contributed by atoms with van der Waals surface area (Å²) < 4.78 is 27.1. The van der Waals surface area contributed by atoms with E-state index < -0.39 is 10.0 Å². The van der Waals surface area contributed by atoms with E-state index >= 15 is 0 Å². The van der Waals surface area contributed by atoms with Crippen molar-refractivity contribution in [2.45, 2.75) is 51.3 Å². The Hall–Kier alpha value is -1.77. The number of sulfonamides is 1. The van der Waals surface area contributed by atoms with Crippen LogP contribution in [0, 0.1) is 6.92 Å². The average molecular weight is 408 g/mol. The van der Waals surface area contributed by atoms with E-state index in [0.717, 1.165) is 31.4 Å². The fourth-order valence-corrected chi connectivity index (χ4v) is 6.05. The maximum atomic E-state index is 12.9. The number of aryl methyl sites for hydroxylation is 3. The molecule has 1 aliphatic carbocycles. The van der Waals surface area contributed by atoms with Gasteiger partial charge in [0.05, 0.1) is 10.6 Å². The molecule has 0 fully saturated rings. The first kappa shape index (κ1) is 20.0. The van der Waals surface area contributed by atoms with Crippen LogP contribution >= 0.6 is 11.3 Å². The molecule has 1 heterocycles. The van der Waals surface area contributed by atoms with Gasteiger partial charge in [-0.2, -0.15) is 4.31 Å². The van der Waals surface area contributed by atoms with Crippen molar-refractivity contribution in [2.24, 2.45) is 0 Å². The highest BCUT2D eigenvalue weighted by Crippen LogP contribution is 2.30. The zero-order chi connectivity index (χ0) is 19.6. The molecule has 2 aromatic rings. The molecule has 1 N–H and O–H groups in total. The molecule has 1 aromatic heterocycles. The highest BCUT2D eigenvalue weighted by Gasteiger charge is 2.25. The lowest BCUT2D eigenvalue weighted by Crippen LogP contribution is -2.31. The van der Waals surface area contributed by atoms with Gasteiger partial charge >= 0.3 is 0 Å². The molecular formula is C19H25N3O3S2. The number of carbonyl (C=O) groups excluding carboxylic acids is 1. The van der Waals surface area contributed by atoms with Crippen molar-refractivity contribution in [1.82, 2.24) is 9.29 Å². The van der Waals surface area contributed by atoms with Gasteiger partial charge in [0.15, 0.2) is 5.13 Å². The first-order chi connectivity index (χ1) is 12.9. The first-order valence-electron chi connectivity index (χ1n) is 9.27. The van der Waals surface area contributed by atoms with Crippen LogP contribution in [-0.4, -0.2) is 36.7 Å². The van der Waals surface area contributed by atoms with Gasteiger partial charge in [0.1, 0.15) is 0 Å². The van der Waals surface area contributed by atoms with Crippen LogP contribution in [0.4, 0.5) is 5.13 Å². The molecule has 3 rings (SSSR count). The second-order valence-electron chi connectivity index (χ2n) is 6.62. The molecule has 0 spiro atoms. The fraction of sp³-hybridized carbons (Fsp3) is 0.474. The fourth-order valence-electron chi connectivity index (χ4n) is 3.30. The highest BCUT2D eigenvalue weighted by molar-refractivity contribution is 7.89. The Balaban J connectivity index is 1.87.